The number of hydrogen-bond donors (Lipinski definition) is 4. The summed E-state index contributed by atoms with van der Waals surface area (Å²) in [6.45, 7) is 9.26. The van der Waals surface area contributed by atoms with Crippen molar-refractivity contribution < 1.29 is 33.8 Å². The molecule has 5 heterocycles. The Hall–Kier alpha value is -4.79. The molecular formula is C37H47N7O7S. The van der Waals surface area contributed by atoms with E-state index in [9.17, 15) is 24.3 Å². The van der Waals surface area contributed by atoms with Crippen molar-refractivity contribution in [1.29, 1.82) is 0 Å². The SMILES string of the molecule is CC(C)Nc1cccc(-c2nc(O[C@@H]3C[C@H]4C(=O)N[C@]5(C(=O)O)C[C@H]5/C=C\CCCCC[C@H](NC(=O)OC(C)(C)C)C(=O)N4C3)c3sccc3n2)n1. The van der Waals surface area contributed by atoms with Gasteiger partial charge in [-0.05, 0) is 83.9 Å². The van der Waals surface area contributed by atoms with E-state index in [1.54, 1.807) is 20.8 Å². The van der Waals surface area contributed by atoms with Gasteiger partial charge in [-0.25, -0.2) is 19.6 Å². The van der Waals surface area contributed by atoms with Gasteiger partial charge in [0.25, 0.3) is 0 Å². The van der Waals surface area contributed by atoms with Crippen LogP contribution in [0.4, 0.5) is 10.6 Å². The molecule has 0 bridgehead atoms. The van der Waals surface area contributed by atoms with E-state index in [2.05, 4.69) is 16.0 Å². The van der Waals surface area contributed by atoms with Crippen molar-refractivity contribution in [2.45, 2.75) is 115 Å². The number of carboxylic acid groups (broad SMARTS) is 1. The van der Waals surface area contributed by atoms with Gasteiger partial charge in [-0.2, -0.15) is 4.98 Å². The highest BCUT2D eigenvalue weighted by atomic mass is 32.1. The summed E-state index contributed by atoms with van der Waals surface area (Å²) in [4.78, 5) is 69.5. The Bertz CT molecular complexity index is 1860. The first-order chi connectivity index (χ1) is 24.7. The fourth-order valence-electron chi connectivity index (χ4n) is 6.72. The molecule has 2 aliphatic heterocycles. The van der Waals surface area contributed by atoms with E-state index < -0.39 is 53.2 Å². The van der Waals surface area contributed by atoms with Crippen molar-refractivity contribution in [3.8, 4) is 17.4 Å². The molecule has 15 heteroatoms. The molecule has 1 saturated heterocycles. The standard InChI is InChI=1S/C37H47N7O7S/c1-21(2)38-28-15-11-14-25(39-28)30-40-24-16-17-52-29(24)32(42-30)50-23-18-27-31(45)43-37(34(47)48)19-22(37)12-9-7-6-8-10-13-26(33(46)44(27)20-23)41-35(49)51-36(3,4)5/h9,11-12,14-17,21-23,26-27H,6-8,10,13,18-20H2,1-5H3,(H,38,39)(H,41,49)(H,43,45)(H,47,48)/b12-9-/t22-,23-,26+,27+,37-/m1/s1. The van der Waals surface area contributed by atoms with Crippen LogP contribution in [0.1, 0.15) is 79.6 Å². The molecular weight excluding hydrogens is 687 g/mol. The minimum Gasteiger partial charge on any atom is -0.479 e. The third-order valence-electron chi connectivity index (χ3n) is 9.28. The topological polar surface area (TPSA) is 185 Å². The van der Waals surface area contributed by atoms with Crippen LogP contribution in [0.5, 0.6) is 5.88 Å². The summed E-state index contributed by atoms with van der Waals surface area (Å²) in [5.74, 6) is -1.21. The van der Waals surface area contributed by atoms with E-state index in [1.165, 1.54) is 16.2 Å². The van der Waals surface area contributed by atoms with Crippen LogP contribution < -0.4 is 20.7 Å². The Balaban J connectivity index is 1.31. The van der Waals surface area contributed by atoms with Gasteiger partial charge in [-0.15, -0.1) is 11.3 Å². The number of alkyl carbamates (subject to hydrolysis) is 1. The monoisotopic (exact) mass is 733 g/mol. The van der Waals surface area contributed by atoms with Gasteiger partial charge in [-0.3, -0.25) is 9.59 Å². The van der Waals surface area contributed by atoms with Gasteiger partial charge in [0.05, 0.1) is 12.1 Å². The van der Waals surface area contributed by atoms with Gasteiger partial charge in [0.15, 0.2) is 5.82 Å². The van der Waals surface area contributed by atoms with Crippen molar-refractivity contribution >= 4 is 51.2 Å². The lowest BCUT2D eigenvalue weighted by atomic mass is 10.0. The molecule has 5 atom stereocenters. The molecule has 4 N–H and O–H groups in total. The summed E-state index contributed by atoms with van der Waals surface area (Å²) >= 11 is 1.41. The number of rotatable bonds is 7. The number of ether oxygens (including phenoxy) is 2. The lowest BCUT2D eigenvalue weighted by Gasteiger charge is -2.30. The molecule has 2 fully saturated rings. The number of hydrogen-bond acceptors (Lipinski definition) is 11. The van der Waals surface area contributed by atoms with E-state index in [0.29, 0.717) is 40.4 Å². The molecule has 278 valence electrons. The maximum absolute atomic E-state index is 14.4. The molecule has 52 heavy (non-hydrogen) atoms. The molecule has 3 amide bonds. The van der Waals surface area contributed by atoms with E-state index >= 15 is 0 Å². The Morgan fingerprint density at radius 3 is 2.67 bits per heavy atom. The summed E-state index contributed by atoms with van der Waals surface area (Å²) in [7, 11) is 0. The van der Waals surface area contributed by atoms with E-state index in [4.69, 9.17) is 24.4 Å². The minimum absolute atomic E-state index is 0.00503. The summed E-state index contributed by atoms with van der Waals surface area (Å²) in [6.07, 6.45) is 6.09. The number of amides is 3. The van der Waals surface area contributed by atoms with Crippen LogP contribution in [0.15, 0.2) is 41.8 Å². The summed E-state index contributed by atoms with van der Waals surface area (Å²) < 4.78 is 12.7. The molecule has 1 saturated carbocycles. The van der Waals surface area contributed by atoms with Crippen LogP contribution in [-0.4, -0.2) is 90.7 Å². The van der Waals surface area contributed by atoms with Crippen molar-refractivity contribution in [1.82, 2.24) is 30.5 Å². The van der Waals surface area contributed by atoms with Gasteiger partial charge in [-0.1, -0.05) is 31.1 Å². The molecule has 14 nitrogen and oxygen atoms in total. The number of nitrogens with one attached hydrogen (secondary N) is 3. The van der Waals surface area contributed by atoms with E-state index in [1.807, 2.05) is 55.6 Å². The molecule has 6 rings (SSSR count). The first-order valence-electron chi connectivity index (χ1n) is 17.9. The van der Waals surface area contributed by atoms with Crippen LogP contribution in [0.2, 0.25) is 0 Å². The number of nitrogens with zero attached hydrogens (tertiary/aromatic N) is 4. The number of aromatic nitrogens is 3. The third-order valence-corrected chi connectivity index (χ3v) is 10.2. The van der Waals surface area contributed by atoms with Crippen LogP contribution in [-0.2, 0) is 19.1 Å². The second kappa shape index (κ2) is 15.1. The number of anilines is 1. The first kappa shape index (κ1) is 37.0. The third kappa shape index (κ3) is 8.46. The highest BCUT2D eigenvalue weighted by Gasteiger charge is 2.61. The van der Waals surface area contributed by atoms with Crippen molar-refractivity contribution in [2.75, 3.05) is 11.9 Å². The maximum atomic E-state index is 14.4. The van der Waals surface area contributed by atoms with Crippen molar-refractivity contribution in [2.24, 2.45) is 5.92 Å². The van der Waals surface area contributed by atoms with E-state index in [0.717, 1.165) is 19.3 Å². The van der Waals surface area contributed by atoms with Crippen molar-refractivity contribution in [3.63, 3.8) is 0 Å². The van der Waals surface area contributed by atoms with Gasteiger partial charge >= 0.3 is 12.1 Å². The van der Waals surface area contributed by atoms with Crippen LogP contribution in [0.25, 0.3) is 21.7 Å². The second-order valence-electron chi connectivity index (χ2n) is 15.0. The fourth-order valence-corrected chi connectivity index (χ4v) is 7.48. The average molecular weight is 734 g/mol. The minimum atomic E-state index is -1.45. The van der Waals surface area contributed by atoms with Gasteiger partial charge < -0.3 is 35.4 Å². The maximum Gasteiger partial charge on any atom is 0.408 e. The molecule has 0 spiro atoms. The van der Waals surface area contributed by atoms with Gasteiger partial charge in [0.1, 0.15) is 45.5 Å². The smallest absolute Gasteiger partial charge is 0.408 e. The molecule has 3 aliphatic rings. The van der Waals surface area contributed by atoms with Crippen LogP contribution in [0, 0.1) is 5.92 Å². The predicted octanol–water partition coefficient (Wildman–Crippen LogP) is 5.30. The largest absolute Gasteiger partial charge is 0.479 e. The number of carbonyl (C=O) groups excluding carboxylic acids is 3. The average Bonchev–Trinajstić information content (AvgIpc) is 3.36. The van der Waals surface area contributed by atoms with Crippen molar-refractivity contribution in [3.05, 3.63) is 41.8 Å². The predicted molar refractivity (Wildman–Crippen MR) is 196 cm³/mol. The Kier molecular flexibility index (Phi) is 10.7. The number of fused-ring (bicyclic) bond motifs is 3. The summed E-state index contributed by atoms with van der Waals surface area (Å²) in [6, 6.07) is 5.55. The number of pyridine rings is 1. The Morgan fingerprint density at radius 2 is 1.92 bits per heavy atom. The molecule has 0 aromatic carbocycles. The number of carboxylic acids is 1. The molecule has 3 aromatic rings. The Morgan fingerprint density at radius 1 is 1.12 bits per heavy atom. The quantitative estimate of drug-likeness (QED) is 0.231. The lowest BCUT2D eigenvalue weighted by Crippen LogP contribution is -2.56. The van der Waals surface area contributed by atoms with Gasteiger partial charge in [0, 0.05) is 18.4 Å². The van der Waals surface area contributed by atoms with Gasteiger partial charge in [0.2, 0.25) is 17.7 Å². The normalized spacial score (nSPS) is 26.0. The van der Waals surface area contributed by atoms with E-state index in [-0.39, 0.29) is 37.2 Å². The summed E-state index contributed by atoms with van der Waals surface area (Å²) in [5.41, 5.74) is -1.04. The second-order valence-corrected chi connectivity index (χ2v) is 15.9. The summed E-state index contributed by atoms with van der Waals surface area (Å²) in [5, 5.41) is 20.9. The molecule has 0 unspecified atom stereocenters. The van der Waals surface area contributed by atoms with Crippen LogP contribution in [0.3, 0.4) is 0 Å². The highest BCUT2D eigenvalue weighted by Crippen LogP contribution is 2.45. The fraction of sp³-hybridized carbons (Fsp3) is 0.541. The number of carbonyl (C=O) groups is 4. The molecule has 3 aromatic heterocycles. The first-order valence-corrected chi connectivity index (χ1v) is 18.8. The molecule has 0 radical (unpaired) electrons. The lowest BCUT2D eigenvalue weighted by molar-refractivity contribution is -0.145. The zero-order valence-electron chi connectivity index (χ0n) is 30.2. The highest BCUT2D eigenvalue weighted by molar-refractivity contribution is 7.17. The number of aliphatic carboxylic acids is 1. The number of thiophene rings is 1. The Labute approximate surface area is 306 Å². The zero-order valence-corrected chi connectivity index (χ0v) is 31.0. The number of allylic oxidation sites excluding steroid dienone is 1. The van der Waals surface area contributed by atoms with Crippen LogP contribution >= 0.6 is 11.3 Å². The zero-order chi connectivity index (χ0) is 37.2. The molecule has 1 aliphatic carbocycles.